The van der Waals surface area contributed by atoms with Gasteiger partial charge in [-0.25, -0.2) is 4.98 Å². The fourth-order valence-corrected chi connectivity index (χ4v) is 2.17. The molecule has 0 saturated carbocycles. The van der Waals surface area contributed by atoms with E-state index in [0.29, 0.717) is 11.5 Å². The van der Waals surface area contributed by atoms with Gasteiger partial charge in [0, 0.05) is 6.54 Å². The summed E-state index contributed by atoms with van der Waals surface area (Å²) in [5, 5.41) is 0. The van der Waals surface area contributed by atoms with Gasteiger partial charge in [-0.2, -0.15) is 0 Å². The Labute approximate surface area is 105 Å². The molecule has 1 aliphatic rings. The predicted molar refractivity (Wildman–Crippen MR) is 69.7 cm³/mol. The van der Waals surface area contributed by atoms with Crippen LogP contribution in [0.25, 0.3) is 0 Å². The number of hydrogen-bond donors (Lipinski definition) is 2. The number of amides is 1. The zero-order valence-electron chi connectivity index (χ0n) is 9.30. The van der Waals surface area contributed by atoms with E-state index >= 15 is 0 Å². The van der Waals surface area contributed by atoms with Gasteiger partial charge in [-0.1, -0.05) is 18.3 Å². The van der Waals surface area contributed by atoms with Crippen molar-refractivity contribution in [1.82, 2.24) is 4.98 Å². The van der Waals surface area contributed by atoms with Gasteiger partial charge in [0.25, 0.3) is 0 Å². The number of nitrogens with two attached hydrogens (primary N) is 2. The number of primary amides is 1. The summed E-state index contributed by atoms with van der Waals surface area (Å²) in [5.41, 5.74) is 11.5. The van der Waals surface area contributed by atoms with Crippen molar-refractivity contribution in [1.29, 1.82) is 0 Å². The second-order valence-corrected chi connectivity index (χ2v) is 4.44. The molecular formula is C11H14N4OS. The second kappa shape index (κ2) is 4.67. The Morgan fingerprint density at radius 1 is 1.47 bits per heavy atom. The minimum absolute atomic E-state index is 0.252. The lowest BCUT2D eigenvalue weighted by atomic mass is 10.2. The van der Waals surface area contributed by atoms with Gasteiger partial charge in [0.05, 0.1) is 5.69 Å². The fourth-order valence-electron chi connectivity index (χ4n) is 2.06. The molecule has 0 aromatic carbocycles. The van der Waals surface area contributed by atoms with Gasteiger partial charge in [-0.05, 0) is 25.0 Å². The molecule has 5 nitrogen and oxygen atoms in total. The number of pyridine rings is 1. The third kappa shape index (κ3) is 2.36. The predicted octanol–water partition coefficient (Wildman–Crippen LogP) is 0.170. The fraction of sp³-hybridized carbons (Fsp3) is 0.364. The molecule has 0 radical (unpaired) electrons. The lowest BCUT2D eigenvalue weighted by Crippen LogP contribution is -2.40. The number of rotatable bonds is 3. The van der Waals surface area contributed by atoms with Gasteiger partial charge in [-0.3, -0.25) is 4.79 Å². The van der Waals surface area contributed by atoms with E-state index < -0.39 is 0 Å². The van der Waals surface area contributed by atoms with Crippen molar-refractivity contribution in [3.8, 4) is 0 Å². The molecule has 1 atom stereocenters. The highest BCUT2D eigenvalue weighted by molar-refractivity contribution is 7.80. The number of aromatic nitrogens is 1. The van der Waals surface area contributed by atoms with Crippen LogP contribution in [0.1, 0.15) is 18.5 Å². The van der Waals surface area contributed by atoms with Crippen LogP contribution in [0.5, 0.6) is 0 Å². The quantitative estimate of drug-likeness (QED) is 0.747. The Kier molecular flexibility index (Phi) is 3.23. The van der Waals surface area contributed by atoms with Crippen LogP contribution in [-0.2, 0) is 4.79 Å². The number of carbonyl (C=O) groups excluding carboxylic acids is 1. The molecule has 17 heavy (non-hydrogen) atoms. The molecule has 2 heterocycles. The number of hydrogen-bond acceptors (Lipinski definition) is 4. The van der Waals surface area contributed by atoms with Gasteiger partial charge < -0.3 is 16.4 Å². The van der Waals surface area contributed by atoms with Crippen molar-refractivity contribution < 1.29 is 4.79 Å². The number of carbonyl (C=O) groups is 1. The Hall–Kier alpha value is -1.69. The Morgan fingerprint density at radius 3 is 2.88 bits per heavy atom. The van der Waals surface area contributed by atoms with Gasteiger partial charge in [0.15, 0.2) is 0 Å². The van der Waals surface area contributed by atoms with Crippen LogP contribution in [0, 0.1) is 0 Å². The van der Waals surface area contributed by atoms with E-state index in [4.69, 9.17) is 23.7 Å². The number of thiocarbonyl (C=S) groups is 1. The van der Waals surface area contributed by atoms with E-state index in [0.717, 1.165) is 19.4 Å². The number of nitrogens with zero attached hydrogens (tertiary/aromatic N) is 2. The van der Waals surface area contributed by atoms with Crippen molar-refractivity contribution in [3.05, 3.63) is 23.9 Å². The first-order valence-corrected chi connectivity index (χ1v) is 5.83. The smallest absolute Gasteiger partial charge is 0.240 e. The van der Waals surface area contributed by atoms with Gasteiger partial charge >= 0.3 is 0 Å². The summed E-state index contributed by atoms with van der Waals surface area (Å²) in [6.45, 7) is 0.779. The van der Waals surface area contributed by atoms with Crippen LogP contribution >= 0.6 is 12.2 Å². The SMILES string of the molecule is NC(=O)C1CCCN1c1cccc(C(N)=S)n1. The first-order chi connectivity index (χ1) is 8.09. The lowest BCUT2D eigenvalue weighted by molar-refractivity contribution is -0.119. The highest BCUT2D eigenvalue weighted by Crippen LogP contribution is 2.23. The van der Waals surface area contributed by atoms with E-state index in [9.17, 15) is 4.79 Å². The average Bonchev–Trinajstić information content (AvgIpc) is 2.78. The standard InChI is InChI=1S/C11H14N4OS/c12-10(16)8-4-2-6-15(8)9-5-1-3-7(14-9)11(13)17/h1,3,5,8H,2,4,6H2,(H2,12,16)(H2,13,17). The zero-order valence-corrected chi connectivity index (χ0v) is 10.1. The largest absolute Gasteiger partial charge is 0.388 e. The average molecular weight is 250 g/mol. The summed E-state index contributed by atoms with van der Waals surface area (Å²) in [6.07, 6.45) is 1.71. The molecule has 0 bridgehead atoms. The van der Waals surface area contributed by atoms with E-state index in [2.05, 4.69) is 4.98 Å². The maximum atomic E-state index is 11.3. The maximum Gasteiger partial charge on any atom is 0.240 e. The third-order valence-corrected chi connectivity index (χ3v) is 3.07. The molecule has 1 amide bonds. The summed E-state index contributed by atoms with van der Waals surface area (Å²) >= 11 is 4.88. The molecule has 0 aliphatic carbocycles. The molecule has 0 spiro atoms. The Morgan fingerprint density at radius 2 is 2.24 bits per heavy atom. The second-order valence-electron chi connectivity index (χ2n) is 4.00. The van der Waals surface area contributed by atoms with Crippen molar-refractivity contribution in [2.75, 3.05) is 11.4 Å². The molecule has 90 valence electrons. The molecule has 1 fully saturated rings. The molecule has 1 aromatic rings. The van der Waals surface area contributed by atoms with Crippen LogP contribution in [0.3, 0.4) is 0 Å². The molecule has 1 saturated heterocycles. The maximum absolute atomic E-state index is 11.3. The monoisotopic (exact) mass is 250 g/mol. The molecule has 6 heteroatoms. The third-order valence-electron chi connectivity index (χ3n) is 2.86. The minimum Gasteiger partial charge on any atom is -0.388 e. The van der Waals surface area contributed by atoms with E-state index in [1.807, 2.05) is 17.0 Å². The Bertz CT molecular complexity index is 463. The van der Waals surface area contributed by atoms with Crippen molar-refractivity contribution >= 4 is 28.9 Å². The first-order valence-electron chi connectivity index (χ1n) is 5.42. The topological polar surface area (TPSA) is 85.2 Å². The van der Waals surface area contributed by atoms with Crippen molar-refractivity contribution in [2.45, 2.75) is 18.9 Å². The molecule has 1 unspecified atom stereocenters. The van der Waals surface area contributed by atoms with E-state index in [1.165, 1.54) is 0 Å². The molecule has 2 rings (SSSR count). The van der Waals surface area contributed by atoms with Gasteiger partial charge in [0.1, 0.15) is 16.8 Å². The van der Waals surface area contributed by atoms with E-state index in [1.54, 1.807) is 6.07 Å². The summed E-state index contributed by atoms with van der Waals surface area (Å²) < 4.78 is 0. The van der Waals surface area contributed by atoms with E-state index in [-0.39, 0.29) is 16.9 Å². The summed E-state index contributed by atoms with van der Waals surface area (Å²) in [5.74, 6) is 0.390. The molecule has 1 aromatic heterocycles. The van der Waals surface area contributed by atoms with Crippen molar-refractivity contribution in [2.24, 2.45) is 11.5 Å². The highest BCUT2D eigenvalue weighted by Gasteiger charge is 2.29. The first kappa shape index (κ1) is 11.8. The summed E-state index contributed by atoms with van der Waals surface area (Å²) in [6, 6.07) is 5.14. The summed E-state index contributed by atoms with van der Waals surface area (Å²) in [4.78, 5) is 17.8. The minimum atomic E-state index is -0.315. The van der Waals surface area contributed by atoms with Crippen LogP contribution in [0.2, 0.25) is 0 Å². The van der Waals surface area contributed by atoms with Crippen LogP contribution in [0.15, 0.2) is 18.2 Å². The van der Waals surface area contributed by atoms with Crippen LogP contribution in [-0.4, -0.2) is 28.5 Å². The zero-order chi connectivity index (χ0) is 12.4. The molecular weight excluding hydrogens is 236 g/mol. The molecule has 1 aliphatic heterocycles. The van der Waals surface area contributed by atoms with Crippen molar-refractivity contribution in [3.63, 3.8) is 0 Å². The van der Waals surface area contributed by atoms with Gasteiger partial charge in [0.2, 0.25) is 5.91 Å². The van der Waals surface area contributed by atoms with Gasteiger partial charge in [-0.15, -0.1) is 0 Å². The molecule has 4 N–H and O–H groups in total. The Balaban J connectivity index is 2.30. The number of anilines is 1. The normalized spacial score (nSPS) is 19.3. The van der Waals surface area contributed by atoms with Crippen LogP contribution in [0.4, 0.5) is 5.82 Å². The lowest BCUT2D eigenvalue weighted by Gasteiger charge is -2.23. The highest BCUT2D eigenvalue weighted by atomic mass is 32.1. The van der Waals surface area contributed by atoms with Crippen LogP contribution < -0.4 is 16.4 Å². The summed E-state index contributed by atoms with van der Waals surface area (Å²) in [7, 11) is 0.